The summed E-state index contributed by atoms with van der Waals surface area (Å²) >= 11 is 13.2. The van der Waals surface area contributed by atoms with Crippen molar-refractivity contribution in [2.75, 3.05) is 16.8 Å². The van der Waals surface area contributed by atoms with E-state index in [1.54, 1.807) is 80.6 Å². The topological polar surface area (TPSA) is 75.7 Å². The monoisotopic (exact) mass is 526 g/mol. The highest BCUT2D eigenvalue weighted by atomic mass is 35.5. The molecule has 35 heavy (non-hydrogen) atoms. The fourth-order valence-electron chi connectivity index (χ4n) is 3.47. The van der Waals surface area contributed by atoms with Gasteiger partial charge in [0.2, 0.25) is 0 Å². The summed E-state index contributed by atoms with van der Waals surface area (Å²) in [4.78, 5) is 41.1. The van der Waals surface area contributed by atoms with Gasteiger partial charge in [0.05, 0.1) is 17.9 Å². The predicted octanol–water partition coefficient (Wildman–Crippen LogP) is 6.47. The number of amides is 2. The number of hydrogen-bond donors (Lipinski definition) is 1. The third kappa shape index (κ3) is 5.37. The van der Waals surface area contributed by atoms with E-state index >= 15 is 0 Å². The molecule has 0 bridgehead atoms. The number of hydrogen-bond acceptors (Lipinski definition) is 6. The van der Waals surface area contributed by atoms with Crippen LogP contribution >= 0.6 is 35.0 Å². The van der Waals surface area contributed by atoms with Crippen LogP contribution in [0.25, 0.3) is 0 Å². The van der Waals surface area contributed by atoms with Crippen molar-refractivity contribution in [3.8, 4) is 0 Å². The van der Waals surface area contributed by atoms with Crippen molar-refractivity contribution in [2.45, 2.75) is 18.7 Å². The molecular formula is C26H20Cl2N2O4S. The van der Waals surface area contributed by atoms with E-state index < -0.39 is 17.8 Å². The Bertz CT molecular complexity index is 1340. The molecule has 9 heteroatoms. The molecule has 178 valence electrons. The van der Waals surface area contributed by atoms with Crippen molar-refractivity contribution < 1.29 is 19.1 Å². The van der Waals surface area contributed by atoms with Gasteiger partial charge in [0.25, 0.3) is 11.8 Å². The van der Waals surface area contributed by atoms with Gasteiger partial charge in [-0.25, -0.2) is 9.69 Å². The number of carbonyl (C=O) groups excluding carboxylic acids is 3. The number of rotatable bonds is 7. The summed E-state index contributed by atoms with van der Waals surface area (Å²) in [6.45, 7) is 3.79. The maximum absolute atomic E-state index is 13.5. The van der Waals surface area contributed by atoms with Crippen LogP contribution in [0.5, 0.6) is 0 Å². The second-order valence-electron chi connectivity index (χ2n) is 7.56. The fraction of sp³-hybridized carbons (Fsp3) is 0.115. The molecule has 3 aromatic carbocycles. The van der Waals surface area contributed by atoms with Gasteiger partial charge in [-0.05, 0) is 86.1 Å². The SMILES string of the molecule is CCOC(=O)c1ccc(NC2=C(Sc3ccc(Cl)cc3)C(=O)N(c3ccc(Cl)cc3C)C2=O)cc1. The normalized spacial score (nSPS) is 13.4. The number of thioether (sulfide) groups is 1. The quantitative estimate of drug-likeness (QED) is 0.281. The zero-order chi connectivity index (χ0) is 25.1. The maximum Gasteiger partial charge on any atom is 0.338 e. The summed E-state index contributed by atoms with van der Waals surface area (Å²) < 4.78 is 5.01. The van der Waals surface area contributed by atoms with Gasteiger partial charge >= 0.3 is 5.97 Å². The Kier molecular flexibility index (Phi) is 7.50. The lowest BCUT2D eigenvalue weighted by Crippen LogP contribution is -2.33. The minimum atomic E-state index is -0.494. The Morgan fingerprint density at radius 1 is 0.943 bits per heavy atom. The van der Waals surface area contributed by atoms with Crippen molar-refractivity contribution in [1.82, 2.24) is 0 Å². The van der Waals surface area contributed by atoms with E-state index in [9.17, 15) is 14.4 Å². The van der Waals surface area contributed by atoms with Crippen LogP contribution in [0.15, 0.2) is 82.2 Å². The Balaban J connectivity index is 1.70. The van der Waals surface area contributed by atoms with Crippen LogP contribution in [0.4, 0.5) is 11.4 Å². The van der Waals surface area contributed by atoms with E-state index in [1.165, 1.54) is 11.8 Å². The second-order valence-corrected chi connectivity index (χ2v) is 9.52. The highest BCUT2D eigenvalue weighted by molar-refractivity contribution is 8.04. The number of nitrogens with zero attached hydrogens (tertiary/aromatic N) is 1. The lowest BCUT2D eigenvalue weighted by Gasteiger charge is -2.18. The molecule has 0 aromatic heterocycles. The van der Waals surface area contributed by atoms with E-state index in [-0.39, 0.29) is 17.2 Å². The molecule has 1 heterocycles. The van der Waals surface area contributed by atoms with Gasteiger partial charge in [-0.2, -0.15) is 0 Å². The number of halogens is 2. The third-order valence-electron chi connectivity index (χ3n) is 5.14. The maximum atomic E-state index is 13.5. The largest absolute Gasteiger partial charge is 0.462 e. The van der Waals surface area contributed by atoms with Crippen LogP contribution in [-0.4, -0.2) is 24.4 Å². The Labute approximate surface area is 216 Å². The number of imide groups is 1. The van der Waals surface area contributed by atoms with E-state index in [1.807, 2.05) is 0 Å². The third-order valence-corrected chi connectivity index (χ3v) is 6.72. The molecule has 1 N–H and O–H groups in total. The molecular weight excluding hydrogens is 507 g/mol. The molecule has 0 radical (unpaired) electrons. The molecule has 0 atom stereocenters. The Hall–Kier alpha value is -3.26. The molecule has 3 aromatic rings. The molecule has 6 nitrogen and oxygen atoms in total. The van der Waals surface area contributed by atoms with Crippen LogP contribution < -0.4 is 10.2 Å². The summed E-state index contributed by atoms with van der Waals surface area (Å²) in [5, 5.41) is 4.15. The van der Waals surface area contributed by atoms with E-state index in [0.717, 1.165) is 9.80 Å². The first kappa shape index (κ1) is 24.9. The standard InChI is InChI=1S/C26H20Cl2N2O4S/c1-3-34-26(33)16-4-9-19(10-5-16)29-22-23(35-20-11-6-17(27)7-12-20)25(32)30(24(22)31)21-13-8-18(28)14-15(21)2/h4-14,29H,3H2,1-2H3. The first-order valence-electron chi connectivity index (χ1n) is 10.7. The highest BCUT2D eigenvalue weighted by Crippen LogP contribution is 2.39. The molecule has 2 amide bonds. The average molecular weight is 527 g/mol. The molecule has 1 aliphatic heterocycles. The first-order valence-corrected chi connectivity index (χ1v) is 12.2. The molecule has 0 unspecified atom stereocenters. The summed E-state index contributed by atoms with van der Waals surface area (Å²) in [7, 11) is 0. The second kappa shape index (κ2) is 10.6. The number of carbonyl (C=O) groups is 3. The Morgan fingerprint density at radius 3 is 2.23 bits per heavy atom. The number of esters is 1. The number of aryl methyl sites for hydroxylation is 1. The highest BCUT2D eigenvalue weighted by Gasteiger charge is 2.40. The average Bonchev–Trinajstić information content (AvgIpc) is 3.05. The number of benzene rings is 3. The van der Waals surface area contributed by atoms with Crippen molar-refractivity contribution in [3.63, 3.8) is 0 Å². The first-order chi connectivity index (χ1) is 16.8. The lowest BCUT2D eigenvalue weighted by atomic mass is 10.2. The molecule has 0 spiro atoms. The molecule has 0 fully saturated rings. The van der Waals surface area contributed by atoms with Crippen molar-refractivity contribution in [3.05, 3.63) is 98.5 Å². The minimum Gasteiger partial charge on any atom is -0.462 e. The van der Waals surface area contributed by atoms with Gasteiger partial charge in [-0.3, -0.25) is 9.59 Å². The van der Waals surface area contributed by atoms with Gasteiger partial charge in [0.15, 0.2) is 0 Å². The molecule has 1 aliphatic rings. The van der Waals surface area contributed by atoms with Gasteiger partial charge in [-0.15, -0.1) is 0 Å². The van der Waals surface area contributed by atoms with Crippen LogP contribution in [0.2, 0.25) is 10.0 Å². The van der Waals surface area contributed by atoms with Crippen LogP contribution in [0.1, 0.15) is 22.8 Å². The Morgan fingerprint density at radius 2 is 1.60 bits per heavy atom. The number of nitrogens with one attached hydrogen (secondary N) is 1. The predicted molar refractivity (Wildman–Crippen MR) is 139 cm³/mol. The summed E-state index contributed by atoms with van der Waals surface area (Å²) in [5.41, 5.74) is 2.20. The smallest absolute Gasteiger partial charge is 0.338 e. The number of anilines is 2. The van der Waals surface area contributed by atoms with Crippen LogP contribution in [0.3, 0.4) is 0 Å². The summed E-state index contributed by atoms with van der Waals surface area (Å²) in [6.07, 6.45) is 0. The zero-order valence-electron chi connectivity index (χ0n) is 18.8. The van der Waals surface area contributed by atoms with Gasteiger partial charge < -0.3 is 10.1 Å². The molecule has 0 saturated carbocycles. The molecule has 4 rings (SSSR count). The van der Waals surface area contributed by atoms with E-state index in [2.05, 4.69) is 5.32 Å². The number of ether oxygens (including phenoxy) is 1. The van der Waals surface area contributed by atoms with E-state index in [0.29, 0.717) is 32.5 Å². The van der Waals surface area contributed by atoms with Crippen LogP contribution in [0, 0.1) is 6.92 Å². The summed E-state index contributed by atoms with van der Waals surface area (Å²) in [6, 6.07) is 18.5. The fourth-order valence-corrected chi connectivity index (χ4v) is 4.75. The summed E-state index contributed by atoms with van der Waals surface area (Å²) in [5.74, 6) is -1.38. The molecule has 0 saturated heterocycles. The van der Waals surface area contributed by atoms with Crippen molar-refractivity contribution in [2.24, 2.45) is 0 Å². The minimum absolute atomic E-state index is 0.133. The van der Waals surface area contributed by atoms with E-state index in [4.69, 9.17) is 27.9 Å². The van der Waals surface area contributed by atoms with Crippen LogP contribution in [-0.2, 0) is 14.3 Å². The molecule has 0 aliphatic carbocycles. The van der Waals surface area contributed by atoms with Gasteiger partial charge in [-0.1, -0.05) is 35.0 Å². The van der Waals surface area contributed by atoms with Crippen molar-refractivity contribution in [1.29, 1.82) is 0 Å². The van der Waals surface area contributed by atoms with Crippen molar-refractivity contribution >= 4 is 64.1 Å². The van der Waals surface area contributed by atoms with Gasteiger partial charge in [0, 0.05) is 20.6 Å². The van der Waals surface area contributed by atoms with Gasteiger partial charge in [0.1, 0.15) is 10.6 Å². The zero-order valence-corrected chi connectivity index (χ0v) is 21.1. The lowest BCUT2D eigenvalue weighted by molar-refractivity contribution is -0.120.